The second-order valence-corrected chi connectivity index (χ2v) is 4.56. The second kappa shape index (κ2) is 6.69. The second-order valence-electron chi connectivity index (χ2n) is 4.56. The van der Waals surface area contributed by atoms with E-state index in [2.05, 4.69) is 5.32 Å². The highest BCUT2D eigenvalue weighted by Crippen LogP contribution is 2.23. The molecule has 20 heavy (non-hydrogen) atoms. The molecular weight excluding hydrogens is 262 g/mol. The van der Waals surface area contributed by atoms with Crippen molar-refractivity contribution in [2.45, 2.75) is 25.6 Å². The lowest BCUT2D eigenvalue weighted by Crippen LogP contribution is -2.35. The van der Waals surface area contributed by atoms with Crippen LogP contribution in [0.5, 0.6) is 0 Å². The topological polar surface area (TPSA) is 66.0 Å². The fraction of sp³-hybridized carbons (Fsp3) is 0.500. The van der Waals surface area contributed by atoms with Crippen molar-refractivity contribution >= 4 is 6.09 Å². The van der Waals surface area contributed by atoms with Crippen LogP contribution in [0.25, 0.3) is 0 Å². The van der Waals surface area contributed by atoms with Gasteiger partial charge in [-0.3, -0.25) is 0 Å². The molecular formula is C14H19NO5. The van der Waals surface area contributed by atoms with Crippen LogP contribution in [-0.2, 0) is 25.6 Å². The standard InChI is InChI=1S/C14H19NO5/c1-14(17-2)19-10-12(20-14)8-15-13(16)18-9-11-6-4-3-5-7-11/h3-7,12H,8-10H2,1-2H3,(H,15,16)/t12?,14-/m0/s1. The minimum atomic E-state index is -1.03. The molecule has 1 amide bonds. The number of nitrogens with one attached hydrogen (secondary N) is 1. The smallest absolute Gasteiger partial charge is 0.407 e. The highest BCUT2D eigenvalue weighted by molar-refractivity contribution is 5.67. The zero-order chi connectivity index (χ0) is 14.4. The predicted molar refractivity (Wildman–Crippen MR) is 70.9 cm³/mol. The van der Waals surface area contributed by atoms with Gasteiger partial charge in [0.1, 0.15) is 12.7 Å². The number of hydrogen-bond donors (Lipinski definition) is 1. The number of carbonyl (C=O) groups excluding carboxylic acids is 1. The van der Waals surface area contributed by atoms with Crippen molar-refractivity contribution in [3.63, 3.8) is 0 Å². The van der Waals surface area contributed by atoms with Crippen LogP contribution in [0.4, 0.5) is 4.79 Å². The first-order chi connectivity index (χ1) is 9.61. The Morgan fingerprint density at radius 1 is 1.45 bits per heavy atom. The Morgan fingerprint density at radius 3 is 2.85 bits per heavy atom. The molecule has 1 aliphatic rings. The highest BCUT2D eigenvalue weighted by Gasteiger charge is 2.37. The molecule has 0 radical (unpaired) electrons. The Hall–Kier alpha value is -1.63. The molecule has 0 spiro atoms. The molecule has 0 saturated carbocycles. The number of amides is 1. The van der Waals surface area contributed by atoms with Gasteiger partial charge in [-0.1, -0.05) is 30.3 Å². The summed E-state index contributed by atoms with van der Waals surface area (Å²) in [5.41, 5.74) is 0.940. The van der Waals surface area contributed by atoms with Gasteiger partial charge in [0.25, 0.3) is 5.97 Å². The average molecular weight is 281 g/mol. The zero-order valence-corrected chi connectivity index (χ0v) is 11.6. The summed E-state index contributed by atoms with van der Waals surface area (Å²) in [7, 11) is 1.50. The van der Waals surface area contributed by atoms with Crippen LogP contribution in [0.1, 0.15) is 12.5 Å². The van der Waals surface area contributed by atoms with Gasteiger partial charge >= 0.3 is 6.09 Å². The molecule has 0 aromatic heterocycles. The van der Waals surface area contributed by atoms with Crippen molar-refractivity contribution in [3.8, 4) is 0 Å². The number of methoxy groups -OCH3 is 1. The molecule has 1 unspecified atom stereocenters. The quantitative estimate of drug-likeness (QED) is 0.889. The van der Waals surface area contributed by atoms with E-state index in [-0.39, 0.29) is 12.7 Å². The lowest BCUT2D eigenvalue weighted by atomic mass is 10.2. The van der Waals surface area contributed by atoms with Crippen molar-refractivity contribution in [1.82, 2.24) is 5.32 Å². The molecule has 2 rings (SSSR count). The van der Waals surface area contributed by atoms with Crippen molar-refractivity contribution in [1.29, 1.82) is 0 Å². The van der Waals surface area contributed by atoms with Crippen LogP contribution in [0.15, 0.2) is 30.3 Å². The van der Waals surface area contributed by atoms with Crippen LogP contribution in [0, 0.1) is 0 Å². The summed E-state index contributed by atoms with van der Waals surface area (Å²) in [4.78, 5) is 11.5. The van der Waals surface area contributed by atoms with E-state index < -0.39 is 12.1 Å². The minimum absolute atomic E-state index is 0.241. The summed E-state index contributed by atoms with van der Waals surface area (Å²) >= 11 is 0. The average Bonchev–Trinajstić information content (AvgIpc) is 2.86. The van der Waals surface area contributed by atoms with Gasteiger partial charge in [0.2, 0.25) is 0 Å². The summed E-state index contributed by atoms with van der Waals surface area (Å²) in [6.07, 6.45) is -0.729. The maximum Gasteiger partial charge on any atom is 0.407 e. The molecule has 1 aromatic carbocycles. The third-order valence-electron chi connectivity index (χ3n) is 2.97. The Bertz CT molecular complexity index is 438. The van der Waals surface area contributed by atoms with E-state index in [0.717, 1.165) is 5.56 Å². The van der Waals surface area contributed by atoms with E-state index in [1.165, 1.54) is 7.11 Å². The molecule has 0 bridgehead atoms. The lowest BCUT2D eigenvalue weighted by Gasteiger charge is -2.20. The van der Waals surface area contributed by atoms with Gasteiger partial charge in [0, 0.05) is 20.6 Å². The first-order valence-electron chi connectivity index (χ1n) is 6.43. The first kappa shape index (κ1) is 14.8. The normalized spacial score (nSPS) is 25.4. The van der Waals surface area contributed by atoms with Crippen molar-refractivity contribution in [2.24, 2.45) is 0 Å². The molecule has 1 saturated heterocycles. The van der Waals surface area contributed by atoms with Gasteiger partial charge in [0.15, 0.2) is 0 Å². The summed E-state index contributed by atoms with van der Waals surface area (Å²) in [5, 5.41) is 2.63. The van der Waals surface area contributed by atoms with Crippen molar-refractivity contribution in [3.05, 3.63) is 35.9 Å². The van der Waals surface area contributed by atoms with Gasteiger partial charge in [-0.25, -0.2) is 4.79 Å². The SMILES string of the molecule is CO[C@@]1(C)OCC(CNC(=O)OCc2ccccc2)O1. The van der Waals surface area contributed by atoms with E-state index >= 15 is 0 Å². The van der Waals surface area contributed by atoms with Gasteiger partial charge in [-0.2, -0.15) is 0 Å². The number of rotatable bonds is 5. The van der Waals surface area contributed by atoms with Crippen LogP contribution < -0.4 is 5.32 Å². The lowest BCUT2D eigenvalue weighted by molar-refractivity contribution is -0.312. The van der Waals surface area contributed by atoms with Gasteiger partial charge in [0.05, 0.1) is 6.61 Å². The van der Waals surface area contributed by atoms with Gasteiger partial charge < -0.3 is 24.3 Å². The molecule has 6 heteroatoms. The number of hydrogen-bond acceptors (Lipinski definition) is 5. The highest BCUT2D eigenvalue weighted by atomic mass is 16.9. The first-order valence-corrected chi connectivity index (χ1v) is 6.43. The van der Waals surface area contributed by atoms with E-state index in [9.17, 15) is 4.79 Å². The predicted octanol–water partition coefficient (Wildman–Crippen LogP) is 1.65. The van der Waals surface area contributed by atoms with Gasteiger partial charge in [-0.15, -0.1) is 0 Å². The molecule has 1 aliphatic heterocycles. The van der Waals surface area contributed by atoms with E-state index in [1.807, 2.05) is 30.3 Å². The summed E-state index contributed by atoms with van der Waals surface area (Å²) in [6, 6.07) is 9.49. The van der Waals surface area contributed by atoms with Gasteiger partial charge in [-0.05, 0) is 5.56 Å². The van der Waals surface area contributed by atoms with Crippen LogP contribution in [-0.4, -0.2) is 38.4 Å². The van der Waals surface area contributed by atoms with Crippen LogP contribution >= 0.6 is 0 Å². The molecule has 1 N–H and O–H groups in total. The van der Waals surface area contributed by atoms with E-state index in [4.69, 9.17) is 18.9 Å². The number of benzene rings is 1. The molecule has 6 nitrogen and oxygen atoms in total. The molecule has 1 heterocycles. The number of ether oxygens (including phenoxy) is 4. The van der Waals surface area contributed by atoms with E-state index in [1.54, 1.807) is 6.92 Å². The number of alkyl carbamates (subject to hydrolysis) is 1. The summed E-state index contributed by atoms with van der Waals surface area (Å²) < 4.78 is 21.0. The number of carbonyl (C=O) groups is 1. The van der Waals surface area contributed by atoms with E-state index in [0.29, 0.717) is 13.2 Å². The maximum absolute atomic E-state index is 11.5. The zero-order valence-electron chi connectivity index (χ0n) is 11.6. The minimum Gasteiger partial charge on any atom is -0.445 e. The Labute approximate surface area is 118 Å². The largest absolute Gasteiger partial charge is 0.445 e. The Kier molecular flexibility index (Phi) is 4.94. The fourth-order valence-electron chi connectivity index (χ4n) is 1.79. The monoisotopic (exact) mass is 281 g/mol. The Balaban J connectivity index is 1.66. The third-order valence-corrected chi connectivity index (χ3v) is 2.97. The molecule has 1 aromatic rings. The van der Waals surface area contributed by atoms with Crippen molar-refractivity contribution in [2.75, 3.05) is 20.3 Å². The summed E-state index contributed by atoms with van der Waals surface area (Å²) in [5.74, 6) is -1.03. The van der Waals surface area contributed by atoms with Crippen LogP contribution in [0.2, 0.25) is 0 Å². The van der Waals surface area contributed by atoms with Crippen molar-refractivity contribution < 1.29 is 23.7 Å². The molecule has 2 atom stereocenters. The molecule has 1 fully saturated rings. The molecule has 110 valence electrons. The van der Waals surface area contributed by atoms with Crippen LogP contribution in [0.3, 0.4) is 0 Å². The Morgan fingerprint density at radius 2 is 2.20 bits per heavy atom. The maximum atomic E-state index is 11.5. The summed E-state index contributed by atoms with van der Waals surface area (Å²) in [6.45, 7) is 2.60. The molecule has 0 aliphatic carbocycles. The fourth-order valence-corrected chi connectivity index (χ4v) is 1.79. The third kappa shape index (κ3) is 4.19.